The zero-order valence-electron chi connectivity index (χ0n) is 10.0. The summed E-state index contributed by atoms with van der Waals surface area (Å²) in [6, 6.07) is 5.82. The molecule has 1 aromatic carbocycles. The molecule has 2 N–H and O–H groups in total. The minimum atomic E-state index is 0.0824. The van der Waals surface area contributed by atoms with E-state index in [9.17, 15) is 0 Å². The van der Waals surface area contributed by atoms with Crippen LogP contribution in [0, 0.1) is 5.41 Å². The van der Waals surface area contributed by atoms with Crippen LogP contribution in [0.5, 0.6) is 5.75 Å². The van der Waals surface area contributed by atoms with Gasteiger partial charge in [0.2, 0.25) is 0 Å². The standard InChI is InChI=1S/C13H17BrClNO/c1-3-13(2)11(16)7-12(13)17-10-5-4-8(15)6-9(10)14/h4-6,11-12H,3,7,16H2,1-2H3. The molecular formula is C13H17BrClNO. The summed E-state index contributed by atoms with van der Waals surface area (Å²) in [7, 11) is 0. The van der Waals surface area contributed by atoms with Gasteiger partial charge in [0.1, 0.15) is 11.9 Å². The molecule has 0 spiro atoms. The summed E-state index contributed by atoms with van der Waals surface area (Å²) in [4.78, 5) is 0. The van der Waals surface area contributed by atoms with Gasteiger partial charge in [-0.3, -0.25) is 0 Å². The average molecular weight is 319 g/mol. The van der Waals surface area contributed by atoms with Crippen LogP contribution < -0.4 is 10.5 Å². The number of hydrogen-bond donors (Lipinski definition) is 1. The van der Waals surface area contributed by atoms with Crippen LogP contribution in [0.15, 0.2) is 22.7 Å². The SMILES string of the molecule is CCC1(C)C(N)CC1Oc1ccc(Cl)cc1Br. The molecule has 3 atom stereocenters. The van der Waals surface area contributed by atoms with Crippen LogP contribution in [0.25, 0.3) is 0 Å². The Labute approximate surface area is 116 Å². The summed E-state index contributed by atoms with van der Waals surface area (Å²) in [6.07, 6.45) is 2.14. The average Bonchev–Trinajstić information content (AvgIpc) is 2.30. The highest BCUT2D eigenvalue weighted by molar-refractivity contribution is 9.10. The van der Waals surface area contributed by atoms with E-state index in [1.807, 2.05) is 18.2 Å². The molecule has 1 aliphatic rings. The van der Waals surface area contributed by atoms with Crippen LogP contribution in [0.3, 0.4) is 0 Å². The first-order chi connectivity index (χ1) is 7.97. The van der Waals surface area contributed by atoms with E-state index in [1.165, 1.54) is 0 Å². The fourth-order valence-corrected chi connectivity index (χ4v) is 3.02. The third-order valence-corrected chi connectivity index (χ3v) is 4.83. The van der Waals surface area contributed by atoms with Crippen molar-refractivity contribution in [2.24, 2.45) is 11.1 Å². The molecule has 94 valence electrons. The Morgan fingerprint density at radius 2 is 2.29 bits per heavy atom. The lowest BCUT2D eigenvalue weighted by atomic mass is 9.62. The van der Waals surface area contributed by atoms with E-state index in [-0.39, 0.29) is 17.6 Å². The maximum atomic E-state index is 6.06. The van der Waals surface area contributed by atoms with Gasteiger partial charge in [-0.2, -0.15) is 0 Å². The summed E-state index contributed by atoms with van der Waals surface area (Å²) in [6.45, 7) is 4.35. The Kier molecular flexibility index (Phi) is 3.71. The number of nitrogens with two attached hydrogens (primary N) is 1. The first-order valence-corrected chi connectivity index (χ1v) is 7.01. The normalized spacial score (nSPS) is 32.1. The topological polar surface area (TPSA) is 35.2 Å². The van der Waals surface area contributed by atoms with E-state index in [1.54, 1.807) is 0 Å². The predicted molar refractivity (Wildman–Crippen MR) is 74.6 cm³/mol. The van der Waals surface area contributed by atoms with Gasteiger partial charge in [0.25, 0.3) is 0 Å². The third-order valence-electron chi connectivity index (χ3n) is 3.98. The van der Waals surface area contributed by atoms with Crippen molar-refractivity contribution in [3.8, 4) is 5.75 Å². The van der Waals surface area contributed by atoms with Crippen LogP contribution in [-0.4, -0.2) is 12.1 Å². The quantitative estimate of drug-likeness (QED) is 0.914. The summed E-state index contributed by atoms with van der Waals surface area (Å²) in [5.74, 6) is 0.839. The number of benzene rings is 1. The van der Waals surface area contributed by atoms with Crippen LogP contribution in [-0.2, 0) is 0 Å². The Morgan fingerprint density at radius 3 is 2.82 bits per heavy atom. The maximum absolute atomic E-state index is 6.06. The van der Waals surface area contributed by atoms with Gasteiger partial charge in [-0.1, -0.05) is 25.4 Å². The zero-order valence-corrected chi connectivity index (χ0v) is 12.4. The number of ether oxygens (including phenoxy) is 1. The third kappa shape index (κ3) is 2.33. The summed E-state index contributed by atoms with van der Waals surface area (Å²) < 4.78 is 6.92. The highest BCUT2D eigenvalue weighted by atomic mass is 79.9. The number of halogens is 2. The lowest BCUT2D eigenvalue weighted by Crippen LogP contribution is -2.61. The van der Waals surface area contributed by atoms with Crippen molar-refractivity contribution < 1.29 is 4.74 Å². The van der Waals surface area contributed by atoms with Gasteiger partial charge in [-0.25, -0.2) is 0 Å². The zero-order chi connectivity index (χ0) is 12.6. The smallest absolute Gasteiger partial charge is 0.134 e. The minimum Gasteiger partial charge on any atom is -0.489 e. The van der Waals surface area contributed by atoms with Crippen molar-refractivity contribution >= 4 is 27.5 Å². The molecule has 0 saturated heterocycles. The van der Waals surface area contributed by atoms with Crippen molar-refractivity contribution in [3.05, 3.63) is 27.7 Å². The Hall–Kier alpha value is -0.250. The summed E-state index contributed by atoms with van der Waals surface area (Å²) in [5, 5.41) is 0.702. The van der Waals surface area contributed by atoms with Crippen LogP contribution in [0.1, 0.15) is 26.7 Å². The van der Waals surface area contributed by atoms with Gasteiger partial charge in [0.05, 0.1) is 4.47 Å². The van der Waals surface area contributed by atoms with Gasteiger partial charge in [-0.15, -0.1) is 0 Å². The largest absolute Gasteiger partial charge is 0.489 e. The Morgan fingerprint density at radius 1 is 1.59 bits per heavy atom. The van der Waals surface area contributed by atoms with Crippen molar-refractivity contribution in [2.75, 3.05) is 0 Å². The molecule has 3 unspecified atom stereocenters. The summed E-state index contributed by atoms with van der Waals surface area (Å²) >= 11 is 9.37. The molecule has 1 aromatic rings. The van der Waals surface area contributed by atoms with Gasteiger partial charge >= 0.3 is 0 Å². The molecule has 2 nitrogen and oxygen atoms in total. The molecule has 0 aromatic heterocycles. The fraction of sp³-hybridized carbons (Fsp3) is 0.538. The molecule has 2 rings (SSSR count). The maximum Gasteiger partial charge on any atom is 0.134 e. The molecule has 0 amide bonds. The lowest BCUT2D eigenvalue weighted by Gasteiger charge is -2.51. The second-order valence-electron chi connectivity index (χ2n) is 4.88. The summed E-state index contributed by atoms with van der Waals surface area (Å²) in [5.41, 5.74) is 6.14. The van der Waals surface area contributed by atoms with Crippen molar-refractivity contribution in [1.29, 1.82) is 0 Å². The molecule has 17 heavy (non-hydrogen) atoms. The molecule has 4 heteroatoms. The van der Waals surface area contributed by atoms with E-state index in [0.29, 0.717) is 5.02 Å². The van der Waals surface area contributed by atoms with Crippen LogP contribution in [0.4, 0.5) is 0 Å². The van der Waals surface area contributed by atoms with E-state index < -0.39 is 0 Å². The van der Waals surface area contributed by atoms with E-state index >= 15 is 0 Å². The molecule has 0 bridgehead atoms. The molecule has 1 saturated carbocycles. The fourth-order valence-electron chi connectivity index (χ4n) is 2.24. The van der Waals surface area contributed by atoms with Crippen molar-refractivity contribution in [1.82, 2.24) is 0 Å². The minimum absolute atomic E-state index is 0.0824. The highest BCUT2D eigenvalue weighted by Crippen LogP contribution is 2.45. The van der Waals surface area contributed by atoms with E-state index in [2.05, 4.69) is 29.8 Å². The van der Waals surface area contributed by atoms with Gasteiger partial charge in [-0.05, 0) is 40.5 Å². The van der Waals surface area contributed by atoms with Crippen molar-refractivity contribution in [3.63, 3.8) is 0 Å². The first-order valence-electron chi connectivity index (χ1n) is 5.84. The lowest BCUT2D eigenvalue weighted by molar-refractivity contribution is -0.0563. The molecule has 1 aliphatic carbocycles. The molecule has 1 fully saturated rings. The van der Waals surface area contributed by atoms with E-state index in [4.69, 9.17) is 22.1 Å². The van der Waals surface area contributed by atoms with Crippen molar-refractivity contribution in [2.45, 2.75) is 38.8 Å². The molecule has 0 aliphatic heterocycles. The highest BCUT2D eigenvalue weighted by Gasteiger charge is 2.50. The van der Waals surface area contributed by atoms with Gasteiger partial charge in [0, 0.05) is 22.9 Å². The second-order valence-corrected chi connectivity index (χ2v) is 6.17. The number of hydrogen-bond acceptors (Lipinski definition) is 2. The second kappa shape index (κ2) is 4.79. The first kappa shape index (κ1) is 13.2. The Bertz CT molecular complexity index is 426. The van der Waals surface area contributed by atoms with Crippen LogP contribution >= 0.6 is 27.5 Å². The van der Waals surface area contributed by atoms with E-state index in [0.717, 1.165) is 23.1 Å². The predicted octanol–water partition coefficient (Wildman–Crippen LogP) is 4.00. The molecular weight excluding hydrogens is 302 g/mol. The molecule has 0 heterocycles. The van der Waals surface area contributed by atoms with Crippen LogP contribution in [0.2, 0.25) is 5.02 Å². The monoisotopic (exact) mass is 317 g/mol. The molecule has 0 radical (unpaired) electrons. The van der Waals surface area contributed by atoms with Gasteiger partial charge < -0.3 is 10.5 Å². The Balaban J connectivity index is 2.12. The van der Waals surface area contributed by atoms with Gasteiger partial charge in [0.15, 0.2) is 0 Å². The number of rotatable bonds is 3.